The predicted octanol–water partition coefficient (Wildman–Crippen LogP) is 1.77. The number of rotatable bonds is 3. The highest BCUT2D eigenvalue weighted by Crippen LogP contribution is 2.43. The fourth-order valence-corrected chi connectivity index (χ4v) is 2.93. The fourth-order valence-electron chi connectivity index (χ4n) is 2.93. The largest absolute Gasteiger partial charge is 0.378 e. The first-order valence-corrected chi connectivity index (χ1v) is 7.70. The van der Waals surface area contributed by atoms with Crippen molar-refractivity contribution in [1.82, 2.24) is 4.90 Å². The molecule has 3 rings (SSSR count). The van der Waals surface area contributed by atoms with Crippen LogP contribution in [0.1, 0.15) is 37.8 Å². The summed E-state index contributed by atoms with van der Waals surface area (Å²) < 4.78 is 5.32. The molecule has 0 atom stereocenters. The van der Waals surface area contributed by atoms with Gasteiger partial charge in [-0.15, -0.1) is 0 Å². The van der Waals surface area contributed by atoms with Crippen LogP contribution in [-0.2, 0) is 20.5 Å². The van der Waals surface area contributed by atoms with Crippen molar-refractivity contribution in [2.45, 2.75) is 37.6 Å². The number of nitrogens with zero attached hydrogens (tertiary/aromatic N) is 1. The highest BCUT2D eigenvalue weighted by atomic mass is 16.5. The highest BCUT2D eigenvalue weighted by Gasteiger charge is 2.40. The van der Waals surface area contributed by atoms with Crippen molar-refractivity contribution in [3.05, 3.63) is 35.4 Å². The number of amides is 1. The summed E-state index contributed by atoms with van der Waals surface area (Å²) in [6, 6.07) is 8.27. The van der Waals surface area contributed by atoms with Gasteiger partial charge in [-0.1, -0.05) is 24.3 Å². The van der Waals surface area contributed by atoms with Crippen LogP contribution in [-0.4, -0.2) is 37.1 Å². The molecule has 0 unspecified atom stereocenters. The van der Waals surface area contributed by atoms with Gasteiger partial charge in [-0.25, -0.2) is 0 Å². The Morgan fingerprint density at radius 3 is 2.29 bits per heavy atom. The number of hydrogen-bond donors (Lipinski definition) is 1. The van der Waals surface area contributed by atoms with Gasteiger partial charge in [0, 0.05) is 18.6 Å². The second-order valence-corrected chi connectivity index (χ2v) is 6.76. The van der Waals surface area contributed by atoms with Crippen LogP contribution in [0.15, 0.2) is 24.3 Å². The minimum absolute atomic E-state index is 0.114. The Kier molecular flexibility index (Phi) is 3.54. The van der Waals surface area contributed by atoms with Gasteiger partial charge in [-0.2, -0.15) is 0 Å². The van der Waals surface area contributed by atoms with E-state index in [4.69, 9.17) is 10.5 Å². The maximum Gasteiger partial charge on any atom is 0.232 e. The average molecular weight is 288 g/mol. The molecular formula is C17H24N2O2. The topological polar surface area (TPSA) is 55.6 Å². The molecule has 2 N–H and O–H groups in total. The lowest BCUT2D eigenvalue weighted by Gasteiger charge is -2.34. The SMILES string of the molecule is CC(C)(C(=O)N1CCOCC1)c1ccc(C2(N)CC2)cc1. The lowest BCUT2D eigenvalue weighted by molar-refractivity contribution is -0.140. The molecular weight excluding hydrogens is 264 g/mol. The van der Waals surface area contributed by atoms with Gasteiger partial charge in [-0.05, 0) is 37.8 Å². The molecule has 2 fully saturated rings. The third-order valence-corrected chi connectivity index (χ3v) is 4.80. The third-order valence-electron chi connectivity index (χ3n) is 4.80. The summed E-state index contributed by atoms with van der Waals surface area (Å²) in [5.41, 5.74) is 7.82. The number of carbonyl (C=O) groups is 1. The molecule has 1 aliphatic carbocycles. The van der Waals surface area contributed by atoms with Crippen molar-refractivity contribution in [3.8, 4) is 0 Å². The second-order valence-electron chi connectivity index (χ2n) is 6.76. The first-order chi connectivity index (χ1) is 9.93. The normalized spacial score (nSPS) is 21.2. The summed E-state index contributed by atoms with van der Waals surface area (Å²) in [4.78, 5) is 14.7. The van der Waals surface area contributed by atoms with Crippen molar-refractivity contribution in [2.75, 3.05) is 26.3 Å². The minimum atomic E-state index is -0.513. The van der Waals surface area contributed by atoms with E-state index in [1.54, 1.807) is 0 Å². The van der Waals surface area contributed by atoms with E-state index < -0.39 is 5.41 Å². The van der Waals surface area contributed by atoms with Crippen LogP contribution < -0.4 is 5.73 Å². The van der Waals surface area contributed by atoms with Crippen molar-refractivity contribution in [1.29, 1.82) is 0 Å². The van der Waals surface area contributed by atoms with Gasteiger partial charge in [0.15, 0.2) is 0 Å². The zero-order valence-electron chi connectivity index (χ0n) is 12.9. The maximum absolute atomic E-state index is 12.8. The number of benzene rings is 1. The highest BCUT2D eigenvalue weighted by molar-refractivity contribution is 5.87. The number of hydrogen-bond acceptors (Lipinski definition) is 3. The van der Waals surface area contributed by atoms with Gasteiger partial charge in [0.05, 0.1) is 18.6 Å². The van der Waals surface area contributed by atoms with Crippen molar-refractivity contribution >= 4 is 5.91 Å². The zero-order chi connectivity index (χ0) is 15.1. The molecule has 0 aromatic heterocycles. The summed E-state index contributed by atoms with van der Waals surface area (Å²) in [5.74, 6) is 0.174. The molecule has 1 saturated heterocycles. The molecule has 0 bridgehead atoms. The van der Waals surface area contributed by atoms with Crippen LogP contribution in [0.4, 0.5) is 0 Å². The van der Waals surface area contributed by atoms with Crippen LogP contribution in [0.5, 0.6) is 0 Å². The second kappa shape index (κ2) is 5.11. The molecule has 4 heteroatoms. The number of carbonyl (C=O) groups excluding carboxylic acids is 1. The monoisotopic (exact) mass is 288 g/mol. The van der Waals surface area contributed by atoms with Gasteiger partial charge in [0.2, 0.25) is 5.91 Å². The Bertz CT molecular complexity index is 526. The molecule has 0 spiro atoms. The molecule has 1 aliphatic heterocycles. The molecule has 4 nitrogen and oxygen atoms in total. The summed E-state index contributed by atoms with van der Waals surface area (Å²) in [6.45, 7) is 6.63. The summed E-state index contributed by atoms with van der Waals surface area (Å²) >= 11 is 0. The van der Waals surface area contributed by atoms with Gasteiger partial charge < -0.3 is 15.4 Å². The molecule has 0 radical (unpaired) electrons. The molecule has 21 heavy (non-hydrogen) atoms. The Hall–Kier alpha value is -1.39. The Morgan fingerprint density at radius 2 is 1.76 bits per heavy atom. The van der Waals surface area contributed by atoms with E-state index >= 15 is 0 Å². The molecule has 114 valence electrons. The summed E-state index contributed by atoms with van der Waals surface area (Å²) in [7, 11) is 0. The molecule has 1 amide bonds. The van der Waals surface area contributed by atoms with Gasteiger partial charge in [-0.3, -0.25) is 4.79 Å². The van der Waals surface area contributed by atoms with Crippen LogP contribution in [0, 0.1) is 0 Å². The number of ether oxygens (including phenoxy) is 1. The van der Waals surface area contributed by atoms with E-state index in [-0.39, 0.29) is 11.4 Å². The van der Waals surface area contributed by atoms with Crippen LogP contribution in [0.2, 0.25) is 0 Å². The smallest absolute Gasteiger partial charge is 0.232 e. The van der Waals surface area contributed by atoms with Crippen molar-refractivity contribution in [3.63, 3.8) is 0 Å². The molecule has 1 aromatic carbocycles. The number of nitrogens with two attached hydrogens (primary N) is 1. The van der Waals surface area contributed by atoms with Gasteiger partial charge >= 0.3 is 0 Å². The lowest BCUT2D eigenvalue weighted by atomic mass is 9.82. The first-order valence-electron chi connectivity index (χ1n) is 7.70. The summed E-state index contributed by atoms with van der Waals surface area (Å²) in [5, 5.41) is 0. The fraction of sp³-hybridized carbons (Fsp3) is 0.588. The predicted molar refractivity (Wildman–Crippen MR) is 82.0 cm³/mol. The van der Waals surface area contributed by atoms with Crippen LogP contribution >= 0.6 is 0 Å². The van der Waals surface area contributed by atoms with Crippen LogP contribution in [0.3, 0.4) is 0 Å². The Balaban J connectivity index is 1.78. The summed E-state index contributed by atoms with van der Waals surface area (Å²) in [6.07, 6.45) is 2.12. The van der Waals surface area contributed by atoms with E-state index in [9.17, 15) is 4.79 Å². The lowest BCUT2D eigenvalue weighted by Crippen LogP contribution is -2.48. The maximum atomic E-state index is 12.8. The molecule has 2 aliphatic rings. The standard InChI is InChI=1S/C17H24N2O2/c1-16(2,15(20)19-9-11-21-12-10-19)13-3-5-14(6-4-13)17(18)7-8-17/h3-6H,7-12,18H2,1-2H3. The van der Waals surface area contributed by atoms with Crippen LogP contribution in [0.25, 0.3) is 0 Å². The van der Waals surface area contributed by atoms with E-state index in [1.165, 1.54) is 5.56 Å². The van der Waals surface area contributed by atoms with Gasteiger partial charge in [0.1, 0.15) is 0 Å². The van der Waals surface area contributed by atoms with E-state index in [2.05, 4.69) is 24.3 Å². The Labute approximate surface area is 126 Å². The average Bonchev–Trinajstić information content (AvgIpc) is 3.26. The number of morpholine rings is 1. The van der Waals surface area contributed by atoms with Crippen molar-refractivity contribution in [2.24, 2.45) is 5.73 Å². The van der Waals surface area contributed by atoms with Gasteiger partial charge in [0.25, 0.3) is 0 Å². The van der Waals surface area contributed by atoms with E-state index in [0.717, 1.165) is 18.4 Å². The third kappa shape index (κ3) is 2.70. The molecule has 1 aromatic rings. The van der Waals surface area contributed by atoms with E-state index in [1.807, 2.05) is 18.7 Å². The van der Waals surface area contributed by atoms with Crippen molar-refractivity contribution < 1.29 is 9.53 Å². The quantitative estimate of drug-likeness (QED) is 0.922. The first kappa shape index (κ1) is 14.5. The molecule has 1 heterocycles. The zero-order valence-corrected chi connectivity index (χ0v) is 12.9. The van der Waals surface area contributed by atoms with E-state index in [0.29, 0.717) is 26.3 Å². The molecule has 1 saturated carbocycles. The Morgan fingerprint density at radius 1 is 1.19 bits per heavy atom. The minimum Gasteiger partial charge on any atom is -0.378 e.